The molecule has 2 nitrogen and oxygen atoms in total. The van der Waals surface area contributed by atoms with Crippen molar-refractivity contribution in [1.29, 1.82) is 0 Å². The maximum atomic E-state index is 9.67. The summed E-state index contributed by atoms with van der Waals surface area (Å²) in [5.74, 6) is 0. The van der Waals surface area contributed by atoms with E-state index in [9.17, 15) is 4.79 Å². The fourth-order valence-electron chi connectivity index (χ4n) is 0.558. The standard InChI is InChI=1S/C7H4BrNOS/c8-7-4-11-3-6(7)1-2-9-5-10/h1-4H. The lowest BCUT2D eigenvalue weighted by atomic mass is 10.3. The van der Waals surface area contributed by atoms with Gasteiger partial charge in [-0.25, -0.2) is 4.79 Å². The first kappa shape index (κ1) is 8.40. The summed E-state index contributed by atoms with van der Waals surface area (Å²) >= 11 is 4.92. The van der Waals surface area contributed by atoms with Crippen molar-refractivity contribution in [3.63, 3.8) is 0 Å². The van der Waals surface area contributed by atoms with Crippen molar-refractivity contribution in [2.24, 2.45) is 4.99 Å². The highest BCUT2D eigenvalue weighted by Gasteiger charge is 1.93. The molecule has 0 radical (unpaired) electrons. The zero-order valence-electron chi connectivity index (χ0n) is 5.45. The Kier molecular flexibility index (Phi) is 3.23. The number of isocyanates is 1. The van der Waals surface area contributed by atoms with Crippen molar-refractivity contribution in [2.45, 2.75) is 0 Å². The molecule has 1 rings (SSSR count). The van der Waals surface area contributed by atoms with Crippen LogP contribution < -0.4 is 0 Å². The second kappa shape index (κ2) is 4.23. The summed E-state index contributed by atoms with van der Waals surface area (Å²) in [6.07, 6.45) is 4.58. The lowest BCUT2D eigenvalue weighted by molar-refractivity contribution is 0.565. The molecule has 0 unspecified atom stereocenters. The van der Waals surface area contributed by atoms with Gasteiger partial charge in [-0.3, -0.25) is 0 Å². The van der Waals surface area contributed by atoms with Gasteiger partial charge < -0.3 is 0 Å². The van der Waals surface area contributed by atoms with Crippen LogP contribution in [-0.4, -0.2) is 6.08 Å². The molecule has 1 aromatic heterocycles. The van der Waals surface area contributed by atoms with Crippen LogP contribution in [0, 0.1) is 0 Å². The van der Waals surface area contributed by atoms with Crippen LogP contribution in [0.15, 0.2) is 26.4 Å². The number of aliphatic imine (C=N–C) groups is 1. The summed E-state index contributed by atoms with van der Waals surface area (Å²) in [5, 5.41) is 3.92. The third kappa shape index (κ3) is 2.42. The third-order valence-electron chi connectivity index (χ3n) is 1.02. The van der Waals surface area contributed by atoms with Crippen molar-refractivity contribution >= 4 is 39.4 Å². The summed E-state index contributed by atoms with van der Waals surface area (Å²) in [5.41, 5.74) is 1.02. The van der Waals surface area contributed by atoms with E-state index >= 15 is 0 Å². The van der Waals surface area contributed by atoms with Gasteiger partial charge in [0.2, 0.25) is 6.08 Å². The summed E-state index contributed by atoms with van der Waals surface area (Å²) in [7, 11) is 0. The van der Waals surface area contributed by atoms with Crippen LogP contribution >= 0.6 is 27.3 Å². The second-order valence-electron chi connectivity index (χ2n) is 1.71. The van der Waals surface area contributed by atoms with Gasteiger partial charge in [-0.2, -0.15) is 16.3 Å². The molecule has 11 heavy (non-hydrogen) atoms. The van der Waals surface area contributed by atoms with E-state index in [4.69, 9.17) is 0 Å². The molecule has 0 aliphatic rings. The molecule has 1 aromatic rings. The number of carbonyl (C=O) groups excluding carboxylic acids is 1. The average molecular weight is 230 g/mol. The van der Waals surface area contributed by atoms with Crippen molar-refractivity contribution in [2.75, 3.05) is 0 Å². The zero-order valence-corrected chi connectivity index (χ0v) is 7.85. The Balaban J connectivity index is 2.78. The van der Waals surface area contributed by atoms with E-state index in [1.807, 2.05) is 10.8 Å². The van der Waals surface area contributed by atoms with Crippen molar-refractivity contribution in [3.8, 4) is 0 Å². The quantitative estimate of drug-likeness (QED) is 0.567. The predicted octanol–water partition coefficient (Wildman–Crippen LogP) is 2.82. The van der Waals surface area contributed by atoms with Crippen LogP contribution in [0.25, 0.3) is 6.08 Å². The summed E-state index contributed by atoms with van der Waals surface area (Å²) < 4.78 is 1.01. The van der Waals surface area contributed by atoms with Gasteiger partial charge in [0, 0.05) is 21.6 Å². The molecular weight excluding hydrogens is 226 g/mol. The van der Waals surface area contributed by atoms with Crippen LogP contribution in [0.2, 0.25) is 0 Å². The summed E-state index contributed by atoms with van der Waals surface area (Å²) in [6.45, 7) is 0. The molecule has 0 atom stereocenters. The first-order valence-corrected chi connectivity index (χ1v) is 4.53. The van der Waals surface area contributed by atoms with Crippen molar-refractivity contribution < 1.29 is 4.79 Å². The van der Waals surface area contributed by atoms with E-state index in [1.54, 1.807) is 17.4 Å². The van der Waals surface area contributed by atoms with E-state index in [2.05, 4.69) is 20.9 Å². The average Bonchev–Trinajstić information content (AvgIpc) is 2.37. The van der Waals surface area contributed by atoms with Gasteiger partial charge in [0.25, 0.3) is 0 Å². The van der Waals surface area contributed by atoms with E-state index in [0.29, 0.717) is 0 Å². The summed E-state index contributed by atoms with van der Waals surface area (Å²) in [4.78, 5) is 13.0. The number of thiophene rings is 1. The minimum absolute atomic E-state index is 1.01. The van der Waals surface area contributed by atoms with Gasteiger partial charge >= 0.3 is 0 Å². The summed E-state index contributed by atoms with van der Waals surface area (Å²) in [6, 6.07) is 0. The van der Waals surface area contributed by atoms with E-state index in [0.717, 1.165) is 10.0 Å². The maximum Gasteiger partial charge on any atom is 0.239 e. The fraction of sp³-hybridized carbons (Fsp3) is 0. The zero-order chi connectivity index (χ0) is 8.10. The monoisotopic (exact) mass is 229 g/mol. The third-order valence-corrected chi connectivity index (χ3v) is 2.78. The minimum atomic E-state index is 1.01. The lowest BCUT2D eigenvalue weighted by Gasteiger charge is -1.82. The first-order chi connectivity index (χ1) is 5.34. The molecular formula is C7H4BrNOS. The smallest absolute Gasteiger partial charge is 0.211 e. The maximum absolute atomic E-state index is 9.67. The number of hydrogen-bond donors (Lipinski definition) is 0. The Bertz CT molecular complexity index is 312. The molecule has 4 heteroatoms. The molecule has 0 fully saturated rings. The highest BCUT2D eigenvalue weighted by Crippen LogP contribution is 2.22. The van der Waals surface area contributed by atoms with Gasteiger partial charge in [0.15, 0.2) is 0 Å². The lowest BCUT2D eigenvalue weighted by Crippen LogP contribution is -1.61. The predicted molar refractivity (Wildman–Crippen MR) is 49.2 cm³/mol. The topological polar surface area (TPSA) is 29.4 Å². The SMILES string of the molecule is O=C=NC=Cc1cscc1Br. The molecule has 0 aromatic carbocycles. The Morgan fingerprint density at radius 2 is 2.45 bits per heavy atom. The van der Waals surface area contributed by atoms with Crippen molar-refractivity contribution in [1.82, 2.24) is 0 Å². The van der Waals surface area contributed by atoms with Crippen LogP contribution in [-0.2, 0) is 4.79 Å². The first-order valence-electron chi connectivity index (χ1n) is 2.80. The van der Waals surface area contributed by atoms with Gasteiger partial charge in [0.1, 0.15) is 0 Å². The largest absolute Gasteiger partial charge is 0.239 e. The minimum Gasteiger partial charge on any atom is -0.211 e. The number of halogens is 1. The highest BCUT2D eigenvalue weighted by molar-refractivity contribution is 9.10. The molecule has 0 N–H and O–H groups in total. The van der Waals surface area contributed by atoms with E-state index in [-0.39, 0.29) is 0 Å². The molecule has 1 heterocycles. The van der Waals surface area contributed by atoms with E-state index < -0.39 is 0 Å². The number of nitrogens with zero attached hydrogens (tertiary/aromatic N) is 1. The van der Waals surface area contributed by atoms with Gasteiger partial charge in [0.05, 0.1) is 0 Å². The molecule has 0 spiro atoms. The molecule has 56 valence electrons. The molecule has 0 aliphatic heterocycles. The second-order valence-corrected chi connectivity index (χ2v) is 3.31. The van der Waals surface area contributed by atoms with Crippen LogP contribution in [0.4, 0.5) is 0 Å². The normalized spacial score (nSPS) is 9.91. The Labute approximate surface area is 76.4 Å². The molecule has 0 aliphatic carbocycles. The van der Waals surface area contributed by atoms with Crippen molar-refractivity contribution in [3.05, 3.63) is 27.0 Å². The Morgan fingerprint density at radius 3 is 3.00 bits per heavy atom. The highest BCUT2D eigenvalue weighted by atomic mass is 79.9. The Morgan fingerprint density at radius 1 is 1.64 bits per heavy atom. The molecule has 0 bridgehead atoms. The number of hydrogen-bond acceptors (Lipinski definition) is 3. The van der Waals surface area contributed by atoms with Gasteiger partial charge in [-0.05, 0) is 27.4 Å². The van der Waals surface area contributed by atoms with Crippen LogP contribution in [0.1, 0.15) is 5.56 Å². The molecule has 0 saturated carbocycles. The fourth-order valence-corrected chi connectivity index (χ4v) is 1.96. The molecule has 0 amide bonds. The Hall–Kier alpha value is -0.700. The molecule has 0 saturated heterocycles. The van der Waals surface area contributed by atoms with Crippen LogP contribution in [0.3, 0.4) is 0 Å². The van der Waals surface area contributed by atoms with Crippen LogP contribution in [0.5, 0.6) is 0 Å². The van der Waals surface area contributed by atoms with E-state index in [1.165, 1.54) is 12.3 Å². The number of rotatable bonds is 2. The van der Waals surface area contributed by atoms with Gasteiger partial charge in [-0.15, -0.1) is 0 Å². The van der Waals surface area contributed by atoms with Gasteiger partial charge in [-0.1, -0.05) is 0 Å².